The number of rotatable bonds is 5. The number of halogens is 1. The molecular formula is C16H16FNO3. The molecule has 0 aliphatic heterocycles. The second kappa shape index (κ2) is 6.74. The number of anilines is 1. The molecule has 4 nitrogen and oxygen atoms in total. The standard InChI is InChI=1S/C16H16FNO3/c1-20-13-7-8-14(17)15(9-13)18-10-11-3-5-12(6-4-11)16(19)21-2/h3-9,18H,10H2,1-2H3. The molecule has 0 aliphatic rings. The Balaban J connectivity index is 2.04. The number of nitrogens with one attached hydrogen (secondary N) is 1. The molecule has 0 unspecified atom stereocenters. The molecule has 0 fully saturated rings. The zero-order valence-corrected chi connectivity index (χ0v) is 11.9. The molecule has 0 amide bonds. The minimum atomic E-state index is -0.381. The van der Waals surface area contributed by atoms with Crippen LogP contribution in [0.1, 0.15) is 15.9 Å². The lowest BCUT2D eigenvalue weighted by Crippen LogP contribution is -2.04. The van der Waals surface area contributed by atoms with Crippen LogP contribution < -0.4 is 10.1 Å². The number of carbonyl (C=O) groups excluding carboxylic acids is 1. The van der Waals surface area contributed by atoms with E-state index in [-0.39, 0.29) is 11.8 Å². The predicted molar refractivity (Wildman–Crippen MR) is 78.1 cm³/mol. The monoisotopic (exact) mass is 289 g/mol. The Labute approximate surface area is 122 Å². The summed E-state index contributed by atoms with van der Waals surface area (Å²) in [6, 6.07) is 11.4. The summed E-state index contributed by atoms with van der Waals surface area (Å²) in [7, 11) is 2.87. The highest BCUT2D eigenvalue weighted by atomic mass is 19.1. The third-order valence-corrected chi connectivity index (χ3v) is 3.03. The van der Waals surface area contributed by atoms with E-state index in [9.17, 15) is 9.18 Å². The molecular weight excluding hydrogens is 273 g/mol. The van der Waals surface area contributed by atoms with Gasteiger partial charge in [-0.05, 0) is 29.8 Å². The number of hydrogen-bond acceptors (Lipinski definition) is 4. The van der Waals surface area contributed by atoms with Gasteiger partial charge in [-0.25, -0.2) is 9.18 Å². The molecule has 0 heterocycles. The Morgan fingerprint density at radius 2 is 1.86 bits per heavy atom. The first-order valence-electron chi connectivity index (χ1n) is 6.38. The maximum atomic E-state index is 13.6. The van der Waals surface area contributed by atoms with Crippen molar-refractivity contribution in [2.24, 2.45) is 0 Å². The van der Waals surface area contributed by atoms with E-state index in [4.69, 9.17) is 4.74 Å². The number of carbonyl (C=O) groups is 1. The molecule has 2 rings (SSSR count). The van der Waals surface area contributed by atoms with Crippen molar-refractivity contribution in [1.82, 2.24) is 0 Å². The summed E-state index contributed by atoms with van der Waals surface area (Å²) in [6.45, 7) is 0.436. The number of hydrogen-bond donors (Lipinski definition) is 1. The van der Waals surface area contributed by atoms with Gasteiger partial charge in [0.15, 0.2) is 0 Å². The molecule has 0 saturated carbocycles. The highest BCUT2D eigenvalue weighted by Crippen LogP contribution is 2.21. The van der Waals surface area contributed by atoms with Gasteiger partial charge in [0.1, 0.15) is 11.6 Å². The second-order valence-electron chi connectivity index (χ2n) is 4.39. The molecule has 0 saturated heterocycles. The molecule has 2 aromatic rings. The van der Waals surface area contributed by atoms with Crippen LogP contribution in [-0.4, -0.2) is 20.2 Å². The van der Waals surface area contributed by atoms with Gasteiger partial charge < -0.3 is 14.8 Å². The highest BCUT2D eigenvalue weighted by Gasteiger charge is 2.06. The summed E-state index contributed by atoms with van der Waals surface area (Å²) in [6.07, 6.45) is 0. The van der Waals surface area contributed by atoms with Gasteiger partial charge in [-0.15, -0.1) is 0 Å². The van der Waals surface area contributed by atoms with Gasteiger partial charge in [-0.3, -0.25) is 0 Å². The lowest BCUT2D eigenvalue weighted by molar-refractivity contribution is 0.0600. The highest BCUT2D eigenvalue weighted by molar-refractivity contribution is 5.89. The van der Waals surface area contributed by atoms with E-state index in [1.165, 1.54) is 20.3 Å². The summed E-state index contributed by atoms with van der Waals surface area (Å²) in [5, 5.41) is 3.00. The molecule has 5 heteroatoms. The number of esters is 1. The maximum absolute atomic E-state index is 13.6. The molecule has 0 radical (unpaired) electrons. The van der Waals surface area contributed by atoms with E-state index in [0.717, 1.165) is 5.56 Å². The third kappa shape index (κ3) is 3.72. The zero-order chi connectivity index (χ0) is 15.2. The Morgan fingerprint density at radius 1 is 1.14 bits per heavy atom. The number of methoxy groups -OCH3 is 2. The Bertz CT molecular complexity index is 626. The minimum absolute atomic E-state index is 0.345. The molecule has 0 spiro atoms. The fraction of sp³-hybridized carbons (Fsp3) is 0.188. The molecule has 0 aliphatic carbocycles. The topological polar surface area (TPSA) is 47.6 Å². The molecule has 110 valence electrons. The van der Waals surface area contributed by atoms with Crippen LogP contribution in [0.3, 0.4) is 0 Å². The fourth-order valence-corrected chi connectivity index (χ4v) is 1.84. The normalized spacial score (nSPS) is 10.0. The van der Waals surface area contributed by atoms with Crippen LogP contribution in [-0.2, 0) is 11.3 Å². The average molecular weight is 289 g/mol. The molecule has 21 heavy (non-hydrogen) atoms. The van der Waals surface area contributed by atoms with E-state index >= 15 is 0 Å². The van der Waals surface area contributed by atoms with Crippen LogP contribution in [0.4, 0.5) is 10.1 Å². The average Bonchev–Trinajstić information content (AvgIpc) is 2.54. The first kappa shape index (κ1) is 14.8. The molecule has 0 bridgehead atoms. The molecule has 0 aromatic heterocycles. The van der Waals surface area contributed by atoms with Crippen molar-refractivity contribution in [2.75, 3.05) is 19.5 Å². The van der Waals surface area contributed by atoms with Crippen LogP contribution in [0.15, 0.2) is 42.5 Å². The lowest BCUT2D eigenvalue weighted by atomic mass is 10.1. The first-order chi connectivity index (χ1) is 10.1. The Kier molecular flexibility index (Phi) is 4.77. The van der Waals surface area contributed by atoms with Crippen molar-refractivity contribution in [3.05, 3.63) is 59.4 Å². The van der Waals surface area contributed by atoms with Gasteiger partial charge in [0.2, 0.25) is 0 Å². The van der Waals surface area contributed by atoms with Crippen LogP contribution in [0, 0.1) is 5.82 Å². The summed E-state index contributed by atoms with van der Waals surface area (Å²) < 4.78 is 23.3. The zero-order valence-electron chi connectivity index (χ0n) is 11.9. The van der Waals surface area contributed by atoms with Crippen molar-refractivity contribution >= 4 is 11.7 Å². The summed E-state index contributed by atoms with van der Waals surface area (Å²) in [5.74, 6) is -0.143. The SMILES string of the molecule is COC(=O)c1ccc(CNc2cc(OC)ccc2F)cc1. The number of ether oxygens (including phenoxy) is 2. The Morgan fingerprint density at radius 3 is 2.48 bits per heavy atom. The van der Waals surface area contributed by atoms with Crippen molar-refractivity contribution in [3.63, 3.8) is 0 Å². The number of benzene rings is 2. The van der Waals surface area contributed by atoms with E-state index in [1.807, 2.05) is 0 Å². The van der Waals surface area contributed by atoms with Crippen LogP contribution in [0.2, 0.25) is 0 Å². The van der Waals surface area contributed by atoms with Crippen LogP contribution in [0.5, 0.6) is 5.75 Å². The van der Waals surface area contributed by atoms with E-state index in [0.29, 0.717) is 23.5 Å². The van der Waals surface area contributed by atoms with Crippen molar-refractivity contribution in [1.29, 1.82) is 0 Å². The third-order valence-electron chi connectivity index (χ3n) is 3.03. The predicted octanol–water partition coefficient (Wildman–Crippen LogP) is 3.23. The van der Waals surface area contributed by atoms with Gasteiger partial charge in [-0.1, -0.05) is 12.1 Å². The quantitative estimate of drug-likeness (QED) is 0.858. The van der Waals surface area contributed by atoms with Crippen LogP contribution in [0.25, 0.3) is 0 Å². The van der Waals surface area contributed by atoms with E-state index in [1.54, 1.807) is 36.4 Å². The van der Waals surface area contributed by atoms with Gasteiger partial charge >= 0.3 is 5.97 Å². The smallest absolute Gasteiger partial charge is 0.337 e. The van der Waals surface area contributed by atoms with E-state index in [2.05, 4.69) is 10.1 Å². The van der Waals surface area contributed by atoms with Crippen LogP contribution >= 0.6 is 0 Å². The van der Waals surface area contributed by atoms with Crippen molar-refractivity contribution < 1.29 is 18.7 Å². The minimum Gasteiger partial charge on any atom is -0.497 e. The Hall–Kier alpha value is -2.56. The van der Waals surface area contributed by atoms with Gasteiger partial charge in [0, 0.05) is 12.6 Å². The largest absolute Gasteiger partial charge is 0.497 e. The lowest BCUT2D eigenvalue weighted by Gasteiger charge is -2.09. The molecule has 0 atom stereocenters. The second-order valence-corrected chi connectivity index (χ2v) is 4.39. The molecule has 2 aromatic carbocycles. The molecule has 1 N–H and O–H groups in total. The van der Waals surface area contributed by atoms with Gasteiger partial charge in [0.05, 0.1) is 25.5 Å². The van der Waals surface area contributed by atoms with Gasteiger partial charge in [-0.2, -0.15) is 0 Å². The maximum Gasteiger partial charge on any atom is 0.337 e. The fourth-order valence-electron chi connectivity index (χ4n) is 1.84. The van der Waals surface area contributed by atoms with Crippen molar-refractivity contribution in [3.8, 4) is 5.75 Å². The summed E-state index contributed by atoms with van der Waals surface area (Å²) in [5.41, 5.74) is 1.77. The summed E-state index contributed by atoms with van der Waals surface area (Å²) in [4.78, 5) is 11.3. The van der Waals surface area contributed by atoms with E-state index < -0.39 is 0 Å². The van der Waals surface area contributed by atoms with Gasteiger partial charge in [0.25, 0.3) is 0 Å². The first-order valence-corrected chi connectivity index (χ1v) is 6.38. The van der Waals surface area contributed by atoms with Crippen molar-refractivity contribution in [2.45, 2.75) is 6.54 Å². The summed E-state index contributed by atoms with van der Waals surface area (Å²) >= 11 is 0.